The van der Waals surface area contributed by atoms with E-state index in [1.165, 1.54) is 29.6 Å². The Morgan fingerprint density at radius 2 is 2.19 bits per heavy atom. The molecule has 2 aliphatic rings. The van der Waals surface area contributed by atoms with Crippen LogP contribution in [0.3, 0.4) is 0 Å². The van der Waals surface area contributed by atoms with Crippen molar-refractivity contribution in [2.24, 2.45) is 0 Å². The first-order valence-electron chi connectivity index (χ1n) is 8.36. The summed E-state index contributed by atoms with van der Waals surface area (Å²) in [5.41, 5.74) is 1.41. The Morgan fingerprint density at radius 1 is 1.37 bits per heavy atom. The highest BCUT2D eigenvalue weighted by atomic mass is 32.1. The summed E-state index contributed by atoms with van der Waals surface area (Å²) in [4.78, 5) is 35.3. The molecule has 144 valence electrons. The van der Waals surface area contributed by atoms with Crippen molar-refractivity contribution in [1.29, 1.82) is 0 Å². The van der Waals surface area contributed by atoms with E-state index in [2.05, 4.69) is 15.3 Å². The van der Waals surface area contributed by atoms with E-state index in [0.29, 0.717) is 28.9 Å². The molecule has 0 spiro atoms. The molecule has 2 aliphatic heterocycles. The lowest BCUT2D eigenvalue weighted by atomic mass is 10.2. The van der Waals surface area contributed by atoms with Crippen LogP contribution in [-0.2, 0) is 14.3 Å². The van der Waals surface area contributed by atoms with Crippen molar-refractivity contribution in [1.82, 2.24) is 14.9 Å². The Bertz CT molecular complexity index is 882. The maximum Gasteiger partial charge on any atom is 0.283 e. The summed E-state index contributed by atoms with van der Waals surface area (Å²) in [6, 6.07) is 0. The number of anilines is 1. The molecule has 0 saturated carbocycles. The number of amides is 2. The molecule has 4 heterocycles. The first-order chi connectivity index (χ1) is 12.9. The Hall–Kier alpha value is -1.92. The molecule has 11 heteroatoms. The van der Waals surface area contributed by atoms with Gasteiger partial charge in [-0.15, -0.1) is 11.3 Å². The van der Waals surface area contributed by atoms with E-state index in [0.717, 1.165) is 10.6 Å². The number of aromatic nitrogens is 2. The van der Waals surface area contributed by atoms with Crippen LogP contribution in [0, 0.1) is 6.92 Å². The number of fused-ring (bicyclic) bond motifs is 2. The fourth-order valence-corrected chi connectivity index (χ4v) is 4.91. The average molecular weight is 410 g/mol. The van der Waals surface area contributed by atoms with Gasteiger partial charge in [-0.2, -0.15) is 0 Å². The summed E-state index contributed by atoms with van der Waals surface area (Å²) < 4.78 is 11.2. The van der Waals surface area contributed by atoms with E-state index in [-0.39, 0.29) is 24.5 Å². The predicted octanol–water partition coefficient (Wildman–Crippen LogP) is 1.09. The molecular formula is C16H18N4O5S2. The molecule has 2 aromatic rings. The van der Waals surface area contributed by atoms with Crippen molar-refractivity contribution in [3.63, 3.8) is 0 Å². The maximum atomic E-state index is 12.8. The van der Waals surface area contributed by atoms with Crippen LogP contribution < -0.4 is 5.32 Å². The average Bonchev–Trinajstić information content (AvgIpc) is 3.31. The fourth-order valence-electron chi connectivity index (χ4n) is 3.09. The number of aliphatic hydroxyl groups is 1. The maximum absolute atomic E-state index is 12.8. The van der Waals surface area contributed by atoms with Gasteiger partial charge < -0.3 is 24.8 Å². The SMILES string of the molecule is CC(=O)Nc1nc(C)c(-c2csc(C(=O)N3C[C@@H]4OC(CO)[C@H](C3)O4)n2)s1. The summed E-state index contributed by atoms with van der Waals surface area (Å²) in [5.74, 6) is -0.370. The molecule has 0 radical (unpaired) electrons. The second kappa shape index (κ2) is 7.24. The quantitative estimate of drug-likeness (QED) is 0.776. The number of carbonyl (C=O) groups excluding carboxylic acids is 2. The number of rotatable bonds is 4. The highest BCUT2D eigenvalue weighted by molar-refractivity contribution is 7.19. The zero-order valence-electron chi connectivity index (χ0n) is 14.7. The zero-order valence-corrected chi connectivity index (χ0v) is 16.3. The lowest BCUT2D eigenvalue weighted by Gasteiger charge is -2.30. The van der Waals surface area contributed by atoms with Crippen LogP contribution in [-0.4, -0.2) is 70.0 Å². The molecule has 27 heavy (non-hydrogen) atoms. The second-order valence-corrected chi connectivity index (χ2v) is 8.18. The minimum Gasteiger partial charge on any atom is -0.394 e. The van der Waals surface area contributed by atoms with Crippen molar-refractivity contribution >= 4 is 39.6 Å². The summed E-state index contributed by atoms with van der Waals surface area (Å²) in [7, 11) is 0. The van der Waals surface area contributed by atoms with Gasteiger partial charge in [0.25, 0.3) is 5.91 Å². The summed E-state index contributed by atoms with van der Waals surface area (Å²) in [6.45, 7) is 3.81. The van der Waals surface area contributed by atoms with Crippen LogP contribution in [0.4, 0.5) is 5.13 Å². The number of ether oxygens (including phenoxy) is 2. The van der Waals surface area contributed by atoms with Crippen LogP contribution in [0.1, 0.15) is 22.4 Å². The normalized spacial score (nSPS) is 24.3. The number of nitrogens with one attached hydrogen (secondary N) is 1. The second-order valence-electron chi connectivity index (χ2n) is 6.32. The van der Waals surface area contributed by atoms with E-state index in [1.54, 1.807) is 4.90 Å². The van der Waals surface area contributed by atoms with Gasteiger partial charge in [0, 0.05) is 12.3 Å². The number of hydrogen-bond donors (Lipinski definition) is 2. The van der Waals surface area contributed by atoms with Gasteiger partial charge in [-0.05, 0) is 6.92 Å². The molecular weight excluding hydrogens is 392 g/mol. The van der Waals surface area contributed by atoms with Crippen molar-refractivity contribution in [3.8, 4) is 10.6 Å². The number of thiazole rings is 2. The van der Waals surface area contributed by atoms with Gasteiger partial charge in [0.2, 0.25) is 5.91 Å². The molecule has 2 bridgehead atoms. The number of aliphatic hydroxyl groups excluding tert-OH is 1. The third-order valence-corrected chi connectivity index (χ3v) is 6.23. The fraction of sp³-hybridized carbons (Fsp3) is 0.500. The first kappa shape index (κ1) is 18.4. The standard InChI is InChI=1S/C16H18N4O5S2/c1-7-13(27-16(17-7)18-8(2)22)9-6-26-14(19-9)15(23)20-3-10-11(5-21)25-12(4-20)24-10/h6,10-12,21H,3-5H2,1-2H3,(H,17,18,22)/t10-,11?,12-/m0/s1. The molecule has 2 N–H and O–H groups in total. The highest BCUT2D eigenvalue weighted by Crippen LogP contribution is 2.34. The Kier molecular flexibility index (Phi) is 4.95. The number of carbonyl (C=O) groups is 2. The van der Waals surface area contributed by atoms with Gasteiger partial charge in [-0.1, -0.05) is 11.3 Å². The molecule has 2 fully saturated rings. The van der Waals surface area contributed by atoms with Gasteiger partial charge in [-0.25, -0.2) is 9.97 Å². The van der Waals surface area contributed by atoms with Crippen molar-refractivity contribution < 1.29 is 24.2 Å². The van der Waals surface area contributed by atoms with E-state index < -0.39 is 12.4 Å². The van der Waals surface area contributed by atoms with Crippen molar-refractivity contribution in [2.45, 2.75) is 32.3 Å². The molecule has 2 aromatic heterocycles. The number of hydrogen-bond acceptors (Lipinski definition) is 9. The van der Waals surface area contributed by atoms with Crippen molar-refractivity contribution in [2.75, 3.05) is 25.0 Å². The third-order valence-electron chi connectivity index (χ3n) is 4.30. The largest absolute Gasteiger partial charge is 0.394 e. The van der Waals surface area contributed by atoms with E-state index in [4.69, 9.17) is 9.47 Å². The van der Waals surface area contributed by atoms with Crippen LogP contribution in [0.5, 0.6) is 0 Å². The lowest BCUT2D eigenvalue weighted by molar-refractivity contribution is -0.114. The van der Waals surface area contributed by atoms with Gasteiger partial charge in [0.15, 0.2) is 16.4 Å². The molecule has 2 amide bonds. The topological polar surface area (TPSA) is 114 Å². The number of nitrogens with zero attached hydrogens (tertiary/aromatic N) is 3. The van der Waals surface area contributed by atoms with Crippen LogP contribution in [0.25, 0.3) is 10.6 Å². The molecule has 3 atom stereocenters. The number of aryl methyl sites for hydroxylation is 1. The van der Waals surface area contributed by atoms with Crippen LogP contribution >= 0.6 is 22.7 Å². The number of morpholine rings is 1. The summed E-state index contributed by atoms with van der Waals surface area (Å²) >= 11 is 2.59. The minimum atomic E-state index is -0.506. The predicted molar refractivity (Wildman–Crippen MR) is 98.8 cm³/mol. The van der Waals surface area contributed by atoms with E-state index in [1.807, 2.05) is 12.3 Å². The van der Waals surface area contributed by atoms with E-state index in [9.17, 15) is 14.7 Å². The van der Waals surface area contributed by atoms with Crippen LogP contribution in [0.2, 0.25) is 0 Å². The minimum absolute atomic E-state index is 0.133. The first-order valence-corrected chi connectivity index (χ1v) is 10.1. The summed E-state index contributed by atoms with van der Waals surface area (Å²) in [5, 5.41) is 14.7. The third kappa shape index (κ3) is 3.60. The highest BCUT2D eigenvalue weighted by Gasteiger charge is 2.43. The zero-order chi connectivity index (χ0) is 19.1. The van der Waals surface area contributed by atoms with Crippen LogP contribution in [0.15, 0.2) is 5.38 Å². The molecule has 0 aliphatic carbocycles. The summed E-state index contributed by atoms with van der Waals surface area (Å²) in [6.07, 6.45) is -1.22. The van der Waals surface area contributed by atoms with Gasteiger partial charge in [-0.3, -0.25) is 9.59 Å². The molecule has 4 rings (SSSR count). The van der Waals surface area contributed by atoms with Gasteiger partial charge >= 0.3 is 0 Å². The van der Waals surface area contributed by atoms with E-state index >= 15 is 0 Å². The molecule has 1 unspecified atom stereocenters. The van der Waals surface area contributed by atoms with Gasteiger partial charge in [0.05, 0.1) is 36.0 Å². The molecule has 0 aromatic carbocycles. The lowest BCUT2D eigenvalue weighted by Crippen LogP contribution is -2.47. The Morgan fingerprint density at radius 3 is 2.93 bits per heavy atom. The monoisotopic (exact) mass is 410 g/mol. The van der Waals surface area contributed by atoms with Crippen molar-refractivity contribution in [3.05, 3.63) is 16.1 Å². The van der Waals surface area contributed by atoms with Gasteiger partial charge in [0.1, 0.15) is 12.2 Å². The Balaban J connectivity index is 1.50. The molecule has 2 saturated heterocycles. The molecule has 9 nitrogen and oxygen atoms in total. The smallest absolute Gasteiger partial charge is 0.283 e. The Labute approximate surface area is 163 Å².